The number of carbonyl (C=O) groups is 1. The number of hydrogen-bond acceptors (Lipinski definition) is 7. The first-order valence-electron chi connectivity index (χ1n) is 10.9. The number of carboxylic acids is 1. The van der Waals surface area contributed by atoms with E-state index in [0.29, 0.717) is 19.6 Å². The summed E-state index contributed by atoms with van der Waals surface area (Å²) in [5.74, 6) is -0.430. The van der Waals surface area contributed by atoms with Crippen molar-refractivity contribution in [2.45, 2.75) is 43.1 Å². The molecule has 9 heteroatoms. The van der Waals surface area contributed by atoms with Crippen LogP contribution in [0.2, 0.25) is 0 Å². The molecule has 0 amide bonds. The van der Waals surface area contributed by atoms with Crippen LogP contribution in [0.4, 0.5) is 5.82 Å². The van der Waals surface area contributed by atoms with Crippen LogP contribution < -0.4 is 4.90 Å². The molecule has 7 atom stereocenters. The summed E-state index contributed by atoms with van der Waals surface area (Å²) in [5.41, 5.74) is 3.51. The maximum absolute atomic E-state index is 11.6. The number of nitrogens with zero attached hydrogens (tertiary/aromatic N) is 3. The third-order valence-corrected chi connectivity index (χ3v) is 7.20. The van der Waals surface area contributed by atoms with Crippen molar-refractivity contribution in [2.75, 3.05) is 31.6 Å². The summed E-state index contributed by atoms with van der Waals surface area (Å²) >= 11 is 0. The molecule has 2 unspecified atom stereocenters. The predicted molar refractivity (Wildman–Crippen MR) is 114 cm³/mol. The fourth-order valence-electron chi connectivity index (χ4n) is 5.46. The van der Waals surface area contributed by atoms with E-state index in [1.165, 1.54) is 5.56 Å². The van der Waals surface area contributed by atoms with Crippen molar-refractivity contribution >= 4 is 11.8 Å². The van der Waals surface area contributed by atoms with Crippen LogP contribution in [0.1, 0.15) is 22.7 Å². The van der Waals surface area contributed by atoms with E-state index < -0.39 is 36.6 Å². The molecule has 2 aromatic rings. The number of pyridine rings is 1. The molecule has 2 saturated heterocycles. The fourth-order valence-corrected chi connectivity index (χ4v) is 5.46. The lowest BCUT2D eigenvalue weighted by atomic mass is 9.92. The molecule has 4 heterocycles. The second-order valence-corrected chi connectivity index (χ2v) is 9.21. The quantitative estimate of drug-likeness (QED) is 0.475. The largest absolute Gasteiger partial charge is 0.479 e. The standard InChI is InChI=1S/C23H27N3O6/c1-26(22-19(29)17(27)18(28)20(32-22)23(30)31)10-9-25-16(12-26)15-7-3-2-5-13(15)11-14-6-4-8-24-21(14)25/h2-8,16-20,22,27-29H,9-12H2,1H3/p+1/t16?,17-,18-,19+,20-,22+,26?/m0/s1. The summed E-state index contributed by atoms with van der Waals surface area (Å²) in [6.07, 6.45) is -4.75. The Morgan fingerprint density at radius 1 is 1.09 bits per heavy atom. The highest BCUT2D eigenvalue weighted by Crippen LogP contribution is 2.41. The Balaban J connectivity index is 1.53. The number of benzene rings is 1. The number of aromatic nitrogens is 1. The third-order valence-electron chi connectivity index (χ3n) is 7.20. The normalized spacial score (nSPS) is 36.4. The number of carboxylic acid groups (broad SMARTS) is 1. The number of likely N-dealkylation sites (N-methyl/N-ethyl adjacent to an activating group) is 1. The zero-order chi connectivity index (χ0) is 22.6. The van der Waals surface area contributed by atoms with Crippen LogP contribution in [0.15, 0.2) is 42.6 Å². The highest BCUT2D eigenvalue weighted by atomic mass is 16.6. The lowest BCUT2D eigenvalue weighted by Crippen LogP contribution is -2.72. The molecule has 0 bridgehead atoms. The van der Waals surface area contributed by atoms with Gasteiger partial charge in [0.25, 0.3) is 0 Å². The number of aliphatic hydroxyl groups excluding tert-OH is 3. The van der Waals surface area contributed by atoms with Crippen molar-refractivity contribution in [3.05, 3.63) is 59.3 Å². The molecular weight excluding hydrogens is 414 g/mol. The van der Waals surface area contributed by atoms with Crippen LogP contribution in [0, 0.1) is 0 Å². The van der Waals surface area contributed by atoms with Gasteiger partial charge >= 0.3 is 5.97 Å². The summed E-state index contributed by atoms with van der Waals surface area (Å²) in [6.45, 7) is 1.68. The summed E-state index contributed by atoms with van der Waals surface area (Å²) in [6, 6.07) is 12.2. The van der Waals surface area contributed by atoms with Crippen molar-refractivity contribution in [1.29, 1.82) is 0 Å². The number of ether oxygens (including phenoxy) is 1. The van der Waals surface area contributed by atoms with Gasteiger partial charge < -0.3 is 30.1 Å². The van der Waals surface area contributed by atoms with Gasteiger partial charge in [-0.2, -0.15) is 0 Å². The molecule has 0 saturated carbocycles. The SMILES string of the molecule is C[N+]1([C@@H]2O[C@H](C(=O)O)[C@@H](O)[C@H](O)[C@H]2O)CCN2c3ncccc3Cc3ccccc3C2C1. The van der Waals surface area contributed by atoms with E-state index >= 15 is 0 Å². The molecular formula is C23H28N3O6+. The van der Waals surface area contributed by atoms with Gasteiger partial charge in [0.1, 0.15) is 30.6 Å². The van der Waals surface area contributed by atoms with Gasteiger partial charge in [-0.3, -0.25) is 4.48 Å². The zero-order valence-corrected chi connectivity index (χ0v) is 17.8. The summed E-state index contributed by atoms with van der Waals surface area (Å²) in [5, 5.41) is 40.7. The van der Waals surface area contributed by atoms with Gasteiger partial charge in [-0.1, -0.05) is 30.3 Å². The highest BCUT2D eigenvalue weighted by molar-refractivity contribution is 5.73. The van der Waals surface area contributed by atoms with Crippen LogP contribution in [-0.2, 0) is 16.0 Å². The van der Waals surface area contributed by atoms with Crippen LogP contribution in [-0.4, -0.2) is 93.2 Å². The Kier molecular flexibility index (Phi) is 5.18. The summed E-state index contributed by atoms with van der Waals surface area (Å²) in [7, 11) is 1.90. The van der Waals surface area contributed by atoms with E-state index in [-0.39, 0.29) is 10.5 Å². The van der Waals surface area contributed by atoms with Gasteiger partial charge in [-0.05, 0) is 22.8 Å². The van der Waals surface area contributed by atoms with E-state index in [0.717, 1.165) is 23.4 Å². The molecule has 0 spiro atoms. The van der Waals surface area contributed by atoms with Crippen LogP contribution in [0.3, 0.4) is 0 Å². The van der Waals surface area contributed by atoms with E-state index in [1.807, 2.05) is 25.2 Å². The molecule has 0 aliphatic carbocycles. The van der Waals surface area contributed by atoms with Crippen LogP contribution in [0.25, 0.3) is 0 Å². The lowest BCUT2D eigenvalue weighted by molar-refractivity contribution is -0.964. The summed E-state index contributed by atoms with van der Waals surface area (Å²) < 4.78 is 5.93. The molecule has 1 aromatic heterocycles. The number of quaternary nitrogens is 1. The number of aliphatic carboxylic acids is 1. The minimum atomic E-state index is -1.69. The number of fused-ring (bicyclic) bond motifs is 5. The first kappa shape index (κ1) is 21.3. The zero-order valence-electron chi connectivity index (χ0n) is 17.8. The van der Waals surface area contributed by atoms with Gasteiger partial charge in [-0.25, -0.2) is 9.78 Å². The topological polar surface area (TPSA) is 123 Å². The molecule has 3 aliphatic heterocycles. The monoisotopic (exact) mass is 442 g/mol. The van der Waals surface area contributed by atoms with E-state index in [9.17, 15) is 25.2 Å². The number of anilines is 1. The Morgan fingerprint density at radius 2 is 1.84 bits per heavy atom. The van der Waals surface area contributed by atoms with E-state index in [1.54, 1.807) is 6.20 Å². The van der Waals surface area contributed by atoms with Crippen LogP contribution in [0.5, 0.6) is 0 Å². The average molecular weight is 442 g/mol. The number of piperazine rings is 1. The van der Waals surface area contributed by atoms with Gasteiger partial charge in [0, 0.05) is 12.6 Å². The molecule has 3 aliphatic rings. The van der Waals surface area contributed by atoms with Crippen molar-refractivity contribution < 1.29 is 34.4 Å². The molecule has 4 N–H and O–H groups in total. The molecule has 5 rings (SSSR count). The second kappa shape index (κ2) is 7.79. The van der Waals surface area contributed by atoms with E-state index in [2.05, 4.69) is 28.1 Å². The van der Waals surface area contributed by atoms with E-state index in [4.69, 9.17) is 4.74 Å². The smallest absolute Gasteiger partial charge is 0.335 e. The third kappa shape index (κ3) is 3.28. The van der Waals surface area contributed by atoms with Crippen molar-refractivity contribution in [3.63, 3.8) is 0 Å². The first-order valence-corrected chi connectivity index (χ1v) is 10.9. The van der Waals surface area contributed by atoms with Crippen molar-refractivity contribution in [2.24, 2.45) is 0 Å². The molecule has 0 radical (unpaired) electrons. The minimum absolute atomic E-state index is 0.0656. The molecule has 2 fully saturated rings. The van der Waals surface area contributed by atoms with Gasteiger partial charge in [0.2, 0.25) is 6.23 Å². The Morgan fingerprint density at radius 3 is 2.62 bits per heavy atom. The number of hydrogen-bond donors (Lipinski definition) is 4. The lowest BCUT2D eigenvalue weighted by Gasteiger charge is -2.53. The van der Waals surface area contributed by atoms with Gasteiger partial charge in [-0.15, -0.1) is 0 Å². The number of rotatable bonds is 2. The minimum Gasteiger partial charge on any atom is -0.479 e. The maximum Gasteiger partial charge on any atom is 0.335 e. The summed E-state index contributed by atoms with van der Waals surface area (Å²) in [4.78, 5) is 18.6. The Bertz CT molecular complexity index is 1030. The number of aliphatic hydroxyl groups is 3. The molecule has 9 nitrogen and oxygen atoms in total. The predicted octanol–water partition coefficient (Wildman–Crippen LogP) is -0.114. The second-order valence-electron chi connectivity index (χ2n) is 9.21. The Hall–Kier alpha value is -2.56. The van der Waals surface area contributed by atoms with Crippen molar-refractivity contribution in [1.82, 2.24) is 4.98 Å². The average Bonchev–Trinajstić information content (AvgIpc) is 2.91. The highest BCUT2D eigenvalue weighted by Gasteiger charge is 2.56. The van der Waals surface area contributed by atoms with Gasteiger partial charge in [0.15, 0.2) is 12.2 Å². The first-order chi connectivity index (χ1) is 15.3. The molecule has 170 valence electrons. The Labute approximate surface area is 185 Å². The van der Waals surface area contributed by atoms with Gasteiger partial charge in [0.05, 0.1) is 20.1 Å². The molecule has 32 heavy (non-hydrogen) atoms. The fraction of sp³-hybridized carbons (Fsp3) is 0.478. The maximum atomic E-state index is 11.6. The van der Waals surface area contributed by atoms with Crippen LogP contribution >= 0.6 is 0 Å². The molecule has 1 aromatic carbocycles. The van der Waals surface area contributed by atoms with Crippen molar-refractivity contribution in [3.8, 4) is 0 Å².